The molecule has 40 heavy (non-hydrogen) atoms. The van der Waals surface area contributed by atoms with Crippen molar-refractivity contribution in [3.8, 4) is 11.8 Å². The number of pyridine rings is 2. The first-order valence-corrected chi connectivity index (χ1v) is 14.4. The van der Waals surface area contributed by atoms with Gasteiger partial charge in [-0.3, -0.25) is 9.59 Å². The third-order valence-electron chi connectivity index (χ3n) is 6.49. The summed E-state index contributed by atoms with van der Waals surface area (Å²) in [7, 11) is 3.08. The normalized spacial score (nSPS) is 16.8. The number of methoxy groups -OCH3 is 2. The lowest BCUT2D eigenvalue weighted by atomic mass is 9.82. The van der Waals surface area contributed by atoms with E-state index in [0.29, 0.717) is 22.0 Å². The summed E-state index contributed by atoms with van der Waals surface area (Å²) in [6.45, 7) is 0. The number of hydrogen-bond donors (Lipinski definition) is 2. The third kappa shape index (κ3) is 7.12. The lowest BCUT2D eigenvalue weighted by Crippen LogP contribution is -2.14. The molecule has 4 aromatic heterocycles. The summed E-state index contributed by atoms with van der Waals surface area (Å²) < 4.78 is 10.2. The maximum atomic E-state index is 12.5. The van der Waals surface area contributed by atoms with Gasteiger partial charge in [0.15, 0.2) is 0 Å². The van der Waals surface area contributed by atoms with Gasteiger partial charge >= 0.3 is 0 Å². The van der Waals surface area contributed by atoms with Crippen LogP contribution in [0.3, 0.4) is 0 Å². The van der Waals surface area contributed by atoms with Gasteiger partial charge in [-0.05, 0) is 42.5 Å². The molecule has 0 saturated heterocycles. The van der Waals surface area contributed by atoms with Crippen LogP contribution in [0, 0.1) is 0 Å². The number of anilines is 2. The summed E-state index contributed by atoms with van der Waals surface area (Å²) in [4.78, 5) is 33.2. The number of nitrogens with zero attached hydrogens (tertiary/aromatic N) is 6. The molecule has 1 aliphatic carbocycles. The summed E-state index contributed by atoms with van der Waals surface area (Å²) in [6, 6.07) is 7.02. The highest BCUT2D eigenvalue weighted by atomic mass is 32.1. The quantitative estimate of drug-likeness (QED) is 0.281. The third-order valence-corrected chi connectivity index (χ3v) is 8.50. The van der Waals surface area contributed by atoms with Crippen LogP contribution in [0.2, 0.25) is 0 Å². The molecule has 14 heteroatoms. The van der Waals surface area contributed by atoms with Crippen LogP contribution in [0.25, 0.3) is 0 Å². The monoisotopic (exact) mass is 580 g/mol. The number of rotatable bonds is 10. The Bertz CT molecular complexity index is 1370. The van der Waals surface area contributed by atoms with Crippen LogP contribution >= 0.6 is 22.7 Å². The highest BCUT2D eigenvalue weighted by Gasteiger charge is 2.29. The van der Waals surface area contributed by atoms with Gasteiger partial charge < -0.3 is 20.1 Å². The number of nitrogens with one attached hydrogen (secondary N) is 2. The second kappa shape index (κ2) is 12.9. The highest BCUT2D eigenvalue weighted by molar-refractivity contribution is 7.15. The minimum absolute atomic E-state index is 0.177. The maximum Gasteiger partial charge on any atom is 0.230 e. The molecule has 2 amide bonds. The molecule has 1 fully saturated rings. The van der Waals surface area contributed by atoms with Gasteiger partial charge in [0.2, 0.25) is 33.8 Å². The molecule has 2 N–H and O–H groups in total. The zero-order valence-electron chi connectivity index (χ0n) is 22.0. The summed E-state index contributed by atoms with van der Waals surface area (Å²) in [5, 5.41) is 25.6. The van der Waals surface area contributed by atoms with E-state index in [1.165, 1.54) is 36.9 Å². The Morgan fingerprint density at radius 3 is 1.73 bits per heavy atom. The van der Waals surface area contributed by atoms with Crippen molar-refractivity contribution in [1.82, 2.24) is 30.4 Å². The number of hydrogen-bond acceptors (Lipinski definition) is 12. The average molecular weight is 581 g/mol. The van der Waals surface area contributed by atoms with E-state index < -0.39 is 0 Å². The minimum Gasteiger partial charge on any atom is -0.481 e. The van der Waals surface area contributed by atoms with Crippen LogP contribution in [0.5, 0.6) is 11.8 Å². The Hall–Kier alpha value is -4.04. The zero-order valence-corrected chi connectivity index (χ0v) is 23.6. The average Bonchev–Trinajstić information content (AvgIpc) is 3.63. The molecule has 0 bridgehead atoms. The molecule has 12 nitrogen and oxygen atoms in total. The molecule has 0 aromatic carbocycles. The summed E-state index contributed by atoms with van der Waals surface area (Å²) in [5.74, 6) is 1.01. The number of amides is 2. The van der Waals surface area contributed by atoms with E-state index in [-0.39, 0.29) is 36.5 Å². The second-order valence-electron chi connectivity index (χ2n) is 9.31. The maximum absolute atomic E-state index is 12.5. The first-order valence-electron chi connectivity index (χ1n) is 12.7. The molecule has 0 aliphatic heterocycles. The number of ether oxygens (including phenoxy) is 2. The van der Waals surface area contributed by atoms with Crippen molar-refractivity contribution in [1.29, 1.82) is 0 Å². The standard InChI is InChI=1S/C26H28N8O4S2/c1-37-21-12-15(6-8-27-21)10-19(35)29-25-33-31-23(39-25)17-4-3-5-18(14-17)24-32-34-26(40-24)30-20(36)11-16-7-9-28-22(13-16)38-2/h6-9,12-13,17-18H,3-5,10-11,14H2,1-2H3,(H,29,33,35)(H,30,34,36)/t17-,18-/m0/s1. The Morgan fingerprint density at radius 2 is 1.27 bits per heavy atom. The van der Waals surface area contributed by atoms with Crippen LogP contribution in [0.15, 0.2) is 36.7 Å². The van der Waals surface area contributed by atoms with E-state index in [1.807, 2.05) is 0 Å². The van der Waals surface area contributed by atoms with Crippen molar-refractivity contribution in [2.75, 3.05) is 24.9 Å². The lowest BCUT2D eigenvalue weighted by Gasteiger charge is -2.25. The van der Waals surface area contributed by atoms with Gasteiger partial charge in [-0.25, -0.2) is 9.97 Å². The highest BCUT2D eigenvalue weighted by Crippen LogP contribution is 2.43. The smallest absolute Gasteiger partial charge is 0.230 e. The number of carbonyl (C=O) groups excluding carboxylic acids is 2. The fourth-order valence-corrected chi connectivity index (χ4v) is 6.39. The van der Waals surface area contributed by atoms with Gasteiger partial charge in [0.05, 0.1) is 27.1 Å². The summed E-state index contributed by atoms with van der Waals surface area (Å²) in [5.41, 5.74) is 1.60. The topological polar surface area (TPSA) is 154 Å². The molecule has 0 unspecified atom stereocenters. The first-order chi connectivity index (χ1) is 19.5. The predicted molar refractivity (Wildman–Crippen MR) is 150 cm³/mol. The molecule has 2 atom stereocenters. The fourth-order valence-electron chi connectivity index (χ4n) is 4.58. The van der Waals surface area contributed by atoms with Gasteiger partial charge in [-0.1, -0.05) is 29.1 Å². The Labute approximate surface area is 238 Å². The minimum atomic E-state index is -0.177. The van der Waals surface area contributed by atoms with Crippen molar-refractivity contribution >= 4 is 44.8 Å². The molecule has 0 spiro atoms. The van der Waals surface area contributed by atoms with Gasteiger partial charge in [0.25, 0.3) is 0 Å². The van der Waals surface area contributed by atoms with E-state index in [0.717, 1.165) is 46.8 Å². The van der Waals surface area contributed by atoms with Crippen LogP contribution in [0.1, 0.15) is 58.7 Å². The van der Waals surface area contributed by atoms with Crippen molar-refractivity contribution in [2.45, 2.75) is 50.4 Å². The summed E-state index contributed by atoms with van der Waals surface area (Å²) >= 11 is 2.81. The van der Waals surface area contributed by atoms with Gasteiger partial charge in [-0.15, -0.1) is 20.4 Å². The molecular formula is C26H28N8O4S2. The molecular weight excluding hydrogens is 552 g/mol. The Morgan fingerprint density at radius 1 is 0.800 bits per heavy atom. The predicted octanol–water partition coefficient (Wildman–Crippen LogP) is 4.00. The van der Waals surface area contributed by atoms with Gasteiger partial charge in [0, 0.05) is 36.4 Å². The molecule has 1 aliphatic rings. The van der Waals surface area contributed by atoms with Crippen LogP contribution < -0.4 is 20.1 Å². The van der Waals surface area contributed by atoms with E-state index in [2.05, 4.69) is 41.0 Å². The van der Waals surface area contributed by atoms with E-state index in [1.54, 1.807) is 36.7 Å². The molecule has 5 rings (SSSR count). The molecule has 0 radical (unpaired) electrons. The van der Waals surface area contributed by atoms with Crippen molar-refractivity contribution in [3.05, 3.63) is 57.8 Å². The van der Waals surface area contributed by atoms with Crippen molar-refractivity contribution in [2.24, 2.45) is 0 Å². The largest absolute Gasteiger partial charge is 0.481 e. The van der Waals surface area contributed by atoms with E-state index >= 15 is 0 Å². The van der Waals surface area contributed by atoms with E-state index in [9.17, 15) is 9.59 Å². The van der Waals surface area contributed by atoms with Crippen LogP contribution in [-0.4, -0.2) is 56.4 Å². The Kier molecular flexibility index (Phi) is 8.86. The van der Waals surface area contributed by atoms with Crippen LogP contribution in [0.4, 0.5) is 10.3 Å². The second-order valence-corrected chi connectivity index (χ2v) is 11.3. The molecule has 4 aromatic rings. The summed E-state index contributed by atoms with van der Waals surface area (Å²) in [6.07, 6.45) is 7.46. The fraction of sp³-hybridized carbons (Fsp3) is 0.385. The Balaban J connectivity index is 1.14. The molecule has 4 heterocycles. The first kappa shape index (κ1) is 27.5. The van der Waals surface area contributed by atoms with Gasteiger partial charge in [0.1, 0.15) is 10.0 Å². The zero-order chi connectivity index (χ0) is 27.9. The number of carbonyl (C=O) groups is 2. The molecule has 208 valence electrons. The van der Waals surface area contributed by atoms with Crippen molar-refractivity contribution in [3.63, 3.8) is 0 Å². The lowest BCUT2D eigenvalue weighted by molar-refractivity contribution is -0.116. The van der Waals surface area contributed by atoms with Crippen LogP contribution in [-0.2, 0) is 22.4 Å². The van der Waals surface area contributed by atoms with Crippen molar-refractivity contribution < 1.29 is 19.1 Å². The van der Waals surface area contributed by atoms with Gasteiger partial charge in [-0.2, -0.15) is 0 Å². The number of aromatic nitrogens is 6. The SMILES string of the molecule is COc1cc(CC(=O)Nc2nnc([C@H]3CCC[C@H](c4nnc(NC(=O)Cc5ccnc(OC)c5)s4)C3)s2)ccn1. The molecule has 1 saturated carbocycles. The van der Waals surface area contributed by atoms with E-state index in [4.69, 9.17) is 9.47 Å².